The van der Waals surface area contributed by atoms with Crippen LogP contribution in [-0.4, -0.2) is 5.78 Å². The average Bonchev–Trinajstić information content (AvgIpc) is 3.17. The monoisotopic (exact) mass is 295 g/mol. The van der Waals surface area contributed by atoms with Gasteiger partial charge in [-0.1, -0.05) is 12.2 Å². The predicted molar refractivity (Wildman–Crippen MR) is 87.1 cm³/mol. The molecular weight excluding hydrogens is 278 g/mol. The Kier molecular flexibility index (Phi) is 2.96. The number of nitrogens with one attached hydrogen (secondary N) is 1. The molecule has 3 heteroatoms. The Morgan fingerprint density at radius 2 is 2.24 bits per heavy atom. The molecule has 0 saturated carbocycles. The van der Waals surface area contributed by atoms with Gasteiger partial charge in [-0.2, -0.15) is 11.3 Å². The van der Waals surface area contributed by atoms with Crippen molar-refractivity contribution >= 4 is 22.8 Å². The molecule has 1 aromatic heterocycles. The Morgan fingerprint density at radius 1 is 1.33 bits per heavy atom. The van der Waals surface area contributed by atoms with Crippen molar-refractivity contribution in [3.63, 3.8) is 0 Å². The zero-order valence-electron chi connectivity index (χ0n) is 11.9. The van der Waals surface area contributed by atoms with Gasteiger partial charge >= 0.3 is 0 Å². The van der Waals surface area contributed by atoms with E-state index in [1.165, 1.54) is 16.8 Å². The zero-order chi connectivity index (χ0) is 14.4. The Balaban J connectivity index is 1.80. The molecule has 4 rings (SSSR count). The molecule has 2 heterocycles. The Hall–Kier alpha value is -1.87. The highest BCUT2D eigenvalue weighted by Crippen LogP contribution is 2.50. The summed E-state index contributed by atoms with van der Waals surface area (Å²) >= 11 is 1.75. The number of hydrogen-bond acceptors (Lipinski definition) is 3. The van der Waals surface area contributed by atoms with Gasteiger partial charge in [-0.3, -0.25) is 4.79 Å². The molecule has 0 amide bonds. The third-order valence-corrected chi connectivity index (χ3v) is 5.37. The first-order chi connectivity index (χ1) is 10.2. The summed E-state index contributed by atoms with van der Waals surface area (Å²) in [5, 5.41) is 8.07. The number of allylic oxidation sites excluding steroid dienone is 2. The number of Topliss-reactive ketones (excluding diaryl/α,β-unsaturated/α-hetero) is 1. The number of anilines is 1. The fraction of sp³-hybridized carbons (Fsp3) is 0.278. The summed E-state index contributed by atoms with van der Waals surface area (Å²) in [7, 11) is 0. The normalized spacial score (nSPS) is 26.0. The van der Waals surface area contributed by atoms with Gasteiger partial charge in [-0.15, -0.1) is 0 Å². The molecule has 0 bridgehead atoms. The number of benzene rings is 1. The molecule has 1 N–H and O–H groups in total. The highest BCUT2D eigenvalue weighted by atomic mass is 32.1. The molecule has 0 spiro atoms. The molecule has 106 valence electrons. The third kappa shape index (κ3) is 2.04. The summed E-state index contributed by atoms with van der Waals surface area (Å²) in [6.45, 7) is 1.63. The van der Waals surface area contributed by atoms with Crippen molar-refractivity contribution in [2.45, 2.75) is 25.3 Å². The molecule has 2 nitrogen and oxygen atoms in total. The standard InChI is InChI=1S/C18H17NOS/c1-11(20)12-5-6-17-16(9-12)14-3-2-4-15(14)18(19-17)13-7-8-21-10-13/h2-3,5-10,14-15,18-19H,4H2,1H3/t14-,15+,18+/m1/s1. The van der Waals surface area contributed by atoms with E-state index < -0.39 is 0 Å². The van der Waals surface area contributed by atoms with E-state index in [4.69, 9.17) is 0 Å². The molecule has 0 saturated heterocycles. The van der Waals surface area contributed by atoms with E-state index in [0.29, 0.717) is 17.9 Å². The SMILES string of the molecule is CC(=O)c1ccc2c(c1)[C@@H]1C=CC[C@@H]1[C@H](c1ccsc1)N2. The van der Waals surface area contributed by atoms with Crippen molar-refractivity contribution in [2.75, 3.05) is 5.32 Å². The Labute approximate surface area is 128 Å². The topological polar surface area (TPSA) is 29.1 Å². The first kappa shape index (κ1) is 12.8. The minimum absolute atomic E-state index is 0.135. The van der Waals surface area contributed by atoms with Gasteiger partial charge in [-0.05, 0) is 65.4 Å². The summed E-state index contributed by atoms with van der Waals surface area (Å²) in [6.07, 6.45) is 5.70. The molecule has 0 unspecified atom stereocenters. The molecule has 1 aliphatic carbocycles. The van der Waals surface area contributed by atoms with Crippen molar-refractivity contribution in [3.05, 3.63) is 63.9 Å². The van der Waals surface area contributed by atoms with Crippen LogP contribution in [0.4, 0.5) is 5.69 Å². The van der Waals surface area contributed by atoms with Gasteiger partial charge in [0.25, 0.3) is 0 Å². The van der Waals surface area contributed by atoms with Crippen LogP contribution < -0.4 is 5.32 Å². The first-order valence-electron chi connectivity index (χ1n) is 7.34. The average molecular weight is 295 g/mol. The lowest BCUT2D eigenvalue weighted by Gasteiger charge is -2.37. The van der Waals surface area contributed by atoms with Gasteiger partial charge in [0.05, 0.1) is 6.04 Å². The number of thiophene rings is 1. The van der Waals surface area contributed by atoms with E-state index in [0.717, 1.165) is 12.0 Å². The highest BCUT2D eigenvalue weighted by Gasteiger charge is 2.38. The van der Waals surface area contributed by atoms with Gasteiger partial charge in [0.1, 0.15) is 0 Å². The molecular formula is C18H17NOS. The number of rotatable bonds is 2. The van der Waals surface area contributed by atoms with Crippen LogP contribution in [0, 0.1) is 5.92 Å². The number of hydrogen-bond donors (Lipinski definition) is 1. The van der Waals surface area contributed by atoms with Gasteiger partial charge in [0, 0.05) is 17.2 Å². The highest BCUT2D eigenvalue weighted by molar-refractivity contribution is 7.08. The van der Waals surface area contributed by atoms with E-state index in [1.54, 1.807) is 18.3 Å². The molecule has 21 heavy (non-hydrogen) atoms. The number of fused-ring (bicyclic) bond motifs is 3. The van der Waals surface area contributed by atoms with Crippen LogP contribution in [0.1, 0.15) is 46.8 Å². The molecule has 3 atom stereocenters. The zero-order valence-corrected chi connectivity index (χ0v) is 12.7. The van der Waals surface area contributed by atoms with E-state index in [9.17, 15) is 4.79 Å². The van der Waals surface area contributed by atoms with E-state index >= 15 is 0 Å². The lowest BCUT2D eigenvalue weighted by molar-refractivity contribution is 0.101. The van der Waals surface area contributed by atoms with Gasteiger partial charge in [0.2, 0.25) is 0 Å². The largest absolute Gasteiger partial charge is 0.378 e. The Morgan fingerprint density at radius 3 is 3.00 bits per heavy atom. The van der Waals surface area contributed by atoms with Crippen LogP contribution in [0.5, 0.6) is 0 Å². The van der Waals surface area contributed by atoms with Crippen LogP contribution in [-0.2, 0) is 0 Å². The van der Waals surface area contributed by atoms with E-state index in [1.807, 2.05) is 6.07 Å². The third-order valence-electron chi connectivity index (χ3n) is 4.67. The van der Waals surface area contributed by atoms with Crippen molar-refractivity contribution in [2.24, 2.45) is 5.92 Å². The minimum Gasteiger partial charge on any atom is -0.378 e. The maximum Gasteiger partial charge on any atom is 0.159 e. The van der Waals surface area contributed by atoms with Gasteiger partial charge < -0.3 is 5.32 Å². The molecule has 2 aliphatic rings. The van der Waals surface area contributed by atoms with Crippen molar-refractivity contribution in [1.82, 2.24) is 0 Å². The molecule has 2 aromatic rings. The fourth-order valence-electron chi connectivity index (χ4n) is 3.60. The lowest BCUT2D eigenvalue weighted by atomic mass is 9.77. The second kappa shape index (κ2) is 4.85. The maximum absolute atomic E-state index is 11.6. The fourth-order valence-corrected chi connectivity index (χ4v) is 4.29. The number of ketones is 1. The lowest BCUT2D eigenvalue weighted by Crippen LogP contribution is -2.28. The van der Waals surface area contributed by atoms with Crippen LogP contribution in [0.2, 0.25) is 0 Å². The van der Waals surface area contributed by atoms with Crippen LogP contribution >= 0.6 is 11.3 Å². The second-order valence-corrected chi connectivity index (χ2v) is 6.67. The van der Waals surface area contributed by atoms with Gasteiger partial charge in [0.15, 0.2) is 5.78 Å². The predicted octanol–water partition coefficient (Wildman–Crippen LogP) is 4.78. The number of carbonyl (C=O) groups excluding carboxylic acids is 1. The molecule has 1 aromatic carbocycles. The summed E-state index contributed by atoms with van der Waals surface area (Å²) < 4.78 is 0. The smallest absolute Gasteiger partial charge is 0.159 e. The summed E-state index contributed by atoms with van der Waals surface area (Å²) in [4.78, 5) is 11.6. The van der Waals surface area contributed by atoms with Crippen LogP contribution in [0.3, 0.4) is 0 Å². The second-order valence-electron chi connectivity index (χ2n) is 5.89. The van der Waals surface area contributed by atoms with Gasteiger partial charge in [-0.25, -0.2) is 0 Å². The summed E-state index contributed by atoms with van der Waals surface area (Å²) in [5.74, 6) is 1.11. The van der Waals surface area contributed by atoms with Crippen molar-refractivity contribution in [3.8, 4) is 0 Å². The van der Waals surface area contributed by atoms with Crippen molar-refractivity contribution in [1.29, 1.82) is 0 Å². The quantitative estimate of drug-likeness (QED) is 0.638. The van der Waals surface area contributed by atoms with Crippen LogP contribution in [0.25, 0.3) is 0 Å². The van der Waals surface area contributed by atoms with Crippen molar-refractivity contribution < 1.29 is 4.79 Å². The minimum atomic E-state index is 0.135. The van der Waals surface area contributed by atoms with E-state index in [-0.39, 0.29) is 5.78 Å². The number of carbonyl (C=O) groups is 1. The molecule has 0 radical (unpaired) electrons. The maximum atomic E-state index is 11.6. The van der Waals surface area contributed by atoms with Crippen LogP contribution in [0.15, 0.2) is 47.2 Å². The summed E-state index contributed by atoms with van der Waals surface area (Å²) in [6, 6.07) is 8.65. The first-order valence-corrected chi connectivity index (χ1v) is 8.28. The molecule has 1 aliphatic heterocycles. The summed E-state index contributed by atoms with van der Waals surface area (Å²) in [5.41, 5.74) is 4.63. The molecule has 0 fully saturated rings. The van der Waals surface area contributed by atoms with E-state index in [2.05, 4.69) is 46.4 Å². The Bertz CT molecular complexity index is 717.